The lowest BCUT2D eigenvalue weighted by atomic mass is 10.1. The minimum absolute atomic E-state index is 0.140. The Morgan fingerprint density at radius 1 is 1.19 bits per heavy atom. The fraction of sp³-hybridized carbons (Fsp3) is 0.400. The third-order valence-corrected chi connectivity index (χ3v) is 3.53. The second-order valence-corrected chi connectivity index (χ2v) is 6.14. The van der Waals surface area contributed by atoms with Crippen LogP contribution >= 0.6 is 0 Å². The summed E-state index contributed by atoms with van der Waals surface area (Å²) in [4.78, 5) is 24.1. The molecule has 0 N–H and O–H groups in total. The molecule has 0 bridgehead atoms. The first-order chi connectivity index (χ1) is 12.5. The van der Waals surface area contributed by atoms with Gasteiger partial charge in [-0.1, -0.05) is 19.9 Å². The number of carbonyl (C=O) groups excluding carboxylic acids is 1. The molecule has 1 aromatic heterocycles. The van der Waals surface area contributed by atoms with E-state index >= 15 is 0 Å². The molecule has 0 radical (unpaired) electrons. The number of esters is 1. The van der Waals surface area contributed by atoms with Gasteiger partial charge in [0.15, 0.2) is 0 Å². The smallest absolute Gasteiger partial charge is 0.338 e. The van der Waals surface area contributed by atoms with Gasteiger partial charge in [-0.25, -0.2) is 4.79 Å². The van der Waals surface area contributed by atoms with E-state index < -0.39 is 5.97 Å². The lowest BCUT2D eigenvalue weighted by Gasteiger charge is -2.08. The molecular formula is C20H24O6. The molecule has 1 aromatic carbocycles. The molecule has 2 rings (SSSR count). The minimum Gasteiger partial charge on any atom is -0.494 e. The van der Waals surface area contributed by atoms with Crippen molar-refractivity contribution in [1.29, 1.82) is 0 Å². The Hall–Kier alpha value is -2.76. The Balaban J connectivity index is 1.92. The molecule has 0 atom stereocenters. The Bertz CT molecular complexity index is 778. The van der Waals surface area contributed by atoms with Crippen molar-refractivity contribution in [3.63, 3.8) is 0 Å². The normalized spacial score (nSPS) is 10.6. The van der Waals surface area contributed by atoms with Gasteiger partial charge in [0.2, 0.25) is 11.2 Å². The number of hydrogen-bond acceptors (Lipinski definition) is 6. The molecule has 6 heteroatoms. The second kappa shape index (κ2) is 9.65. The number of carbonyl (C=O) groups is 1. The van der Waals surface area contributed by atoms with Gasteiger partial charge in [0.25, 0.3) is 0 Å². The predicted molar refractivity (Wildman–Crippen MR) is 96.7 cm³/mol. The highest BCUT2D eigenvalue weighted by molar-refractivity contribution is 5.89. The molecule has 140 valence electrons. The first kappa shape index (κ1) is 19.6. The maximum absolute atomic E-state index is 12.1. The van der Waals surface area contributed by atoms with Gasteiger partial charge in [-0.15, -0.1) is 0 Å². The zero-order valence-corrected chi connectivity index (χ0v) is 15.3. The van der Waals surface area contributed by atoms with Crippen LogP contribution in [-0.2, 0) is 11.3 Å². The van der Waals surface area contributed by atoms with Crippen molar-refractivity contribution in [2.24, 2.45) is 5.92 Å². The van der Waals surface area contributed by atoms with Gasteiger partial charge in [-0.2, -0.15) is 0 Å². The minimum atomic E-state index is -0.522. The summed E-state index contributed by atoms with van der Waals surface area (Å²) >= 11 is 0. The molecule has 2 aromatic rings. The largest absolute Gasteiger partial charge is 0.494 e. The van der Waals surface area contributed by atoms with Crippen molar-refractivity contribution in [2.45, 2.75) is 33.8 Å². The molecule has 0 spiro atoms. The lowest BCUT2D eigenvalue weighted by Crippen LogP contribution is -2.11. The van der Waals surface area contributed by atoms with Gasteiger partial charge >= 0.3 is 5.97 Å². The second-order valence-electron chi connectivity index (χ2n) is 6.14. The van der Waals surface area contributed by atoms with Gasteiger partial charge in [-0.05, 0) is 37.5 Å². The molecule has 0 fully saturated rings. The van der Waals surface area contributed by atoms with Crippen LogP contribution < -0.4 is 14.9 Å². The van der Waals surface area contributed by atoms with Crippen LogP contribution in [0.4, 0.5) is 0 Å². The summed E-state index contributed by atoms with van der Waals surface area (Å²) in [5.74, 6) is 0.968. The Labute approximate surface area is 152 Å². The molecule has 0 aliphatic heterocycles. The molecular weight excluding hydrogens is 336 g/mol. The summed E-state index contributed by atoms with van der Waals surface area (Å²) < 4.78 is 21.3. The summed E-state index contributed by atoms with van der Waals surface area (Å²) in [5.41, 5.74) is 0.0661. The summed E-state index contributed by atoms with van der Waals surface area (Å²) in [6.07, 6.45) is 2.10. The van der Waals surface area contributed by atoms with Crippen LogP contribution in [0.3, 0.4) is 0 Å². The maximum Gasteiger partial charge on any atom is 0.338 e. The number of hydrogen-bond donors (Lipinski definition) is 0. The summed E-state index contributed by atoms with van der Waals surface area (Å²) in [7, 11) is 0. The van der Waals surface area contributed by atoms with Gasteiger partial charge < -0.3 is 18.6 Å². The summed E-state index contributed by atoms with van der Waals surface area (Å²) in [5, 5.41) is 0. The monoisotopic (exact) mass is 360 g/mol. The van der Waals surface area contributed by atoms with Gasteiger partial charge in [0.1, 0.15) is 24.4 Å². The molecule has 0 saturated carbocycles. The van der Waals surface area contributed by atoms with E-state index in [1.54, 1.807) is 24.3 Å². The summed E-state index contributed by atoms with van der Waals surface area (Å²) in [6.45, 7) is 6.84. The first-order valence-corrected chi connectivity index (χ1v) is 8.64. The first-order valence-electron chi connectivity index (χ1n) is 8.64. The van der Waals surface area contributed by atoms with Gasteiger partial charge in [0, 0.05) is 6.07 Å². The SMILES string of the molecule is CCOc1cccc(C(=O)OCc2cc(=O)c(OCCC(C)C)co2)c1. The highest BCUT2D eigenvalue weighted by Gasteiger charge is 2.11. The number of benzene rings is 1. The molecule has 0 unspecified atom stereocenters. The third-order valence-electron chi connectivity index (χ3n) is 3.53. The van der Waals surface area contributed by atoms with E-state index in [0.29, 0.717) is 30.4 Å². The Morgan fingerprint density at radius 2 is 2.00 bits per heavy atom. The van der Waals surface area contributed by atoms with Crippen molar-refractivity contribution in [3.8, 4) is 11.5 Å². The maximum atomic E-state index is 12.1. The quantitative estimate of drug-likeness (QED) is 0.633. The van der Waals surface area contributed by atoms with E-state index in [-0.39, 0.29) is 23.5 Å². The van der Waals surface area contributed by atoms with Crippen molar-refractivity contribution in [2.75, 3.05) is 13.2 Å². The van der Waals surface area contributed by atoms with E-state index in [1.165, 1.54) is 12.3 Å². The summed E-state index contributed by atoms with van der Waals surface area (Å²) in [6, 6.07) is 7.98. The van der Waals surface area contributed by atoms with Crippen LogP contribution in [0, 0.1) is 5.92 Å². The standard InChI is InChI=1S/C20H24O6/c1-4-23-16-7-5-6-15(10-16)20(22)26-12-17-11-18(21)19(13-25-17)24-9-8-14(2)3/h5-7,10-11,13-14H,4,8-9,12H2,1-3H3. The lowest BCUT2D eigenvalue weighted by molar-refractivity contribution is 0.0442. The van der Waals surface area contributed by atoms with Crippen molar-refractivity contribution < 1.29 is 23.4 Å². The number of ether oxygens (including phenoxy) is 3. The zero-order chi connectivity index (χ0) is 18.9. The number of rotatable bonds is 9. The molecule has 0 aliphatic carbocycles. The third kappa shape index (κ3) is 5.95. The topological polar surface area (TPSA) is 75.0 Å². The molecule has 0 saturated heterocycles. The van der Waals surface area contributed by atoms with Crippen molar-refractivity contribution in [1.82, 2.24) is 0 Å². The van der Waals surface area contributed by atoms with E-state index in [1.807, 2.05) is 6.92 Å². The van der Waals surface area contributed by atoms with Crippen LogP contribution in [0.25, 0.3) is 0 Å². The fourth-order valence-corrected chi connectivity index (χ4v) is 2.12. The van der Waals surface area contributed by atoms with Crippen LogP contribution in [-0.4, -0.2) is 19.2 Å². The van der Waals surface area contributed by atoms with E-state index in [4.69, 9.17) is 18.6 Å². The zero-order valence-electron chi connectivity index (χ0n) is 15.3. The molecule has 6 nitrogen and oxygen atoms in total. The van der Waals surface area contributed by atoms with Gasteiger partial charge in [-0.3, -0.25) is 4.79 Å². The highest BCUT2D eigenvalue weighted by Crippen LogP contribution is 2.15. The molecule has 0 aliphatic rings. The van der Waals surface area contributed by atoms with Gasteiger partial charge in [0.05, 0.1) is 18.8 Å². The van der Waals surface area contributed by atoms with Crippen molar-refractivity contribution >= 4 is 5.97 Å². The average Bonchev–Trinajstić information content (AvgIpc) is 2.61. The predicted octanol–water partition coefficient (Wildman–Crippen LogP) is 3.82. The van der Waals surface area contributed by atoms with Crippen LogP contribution in [0.5, 0.6) is 11.5 Å². The van der Waals surface area contributed by atoms with E-state index in [2.05, 4.69) is 13.8 Å². The Kier molecular flexibility index (Phi) is 7.26. The highest BCUT2D eigenvalue weighted by atomic mass is 16.5. The van der Waals surface area contributed by atoms with Crippen LogP contribution in [0.15, 0.2) is 45.8 Å². The van der Waals surface area contributed by atoms with Crippen molar-refractivity contribution in [3.05, 3.63) is 58.1 Å². The van der Waals surface area contributed by atoms with E-state index in [9.17, 15) is 9.59 Å². The molecule has 1 heterocycles. The van der Waals surface area contributed by atoms with Crippen LogP contribution in [0.2, 0.25) is 0 Å². The van der Waals surface area contributed by atoms with E-state index in [0.717, 1.165) is 6.42 Å². The molecule has 0 amide bonds. The fourth-order valence-electron chi connectivity index (χ4n) is 2.12. The van der Waals surface area contributed by atoms with Crippen LogP contribution in [0.1, 0.15) is 43.3 Å². The Morgan fingerprint density at radius 3 is 2.69 bits per heavy atom. The molecule has 26 heavy (non-hydrogen) atoms. The average molecular weight is 360 g/mol.